The summed E-state index contributed by atoms with van der Waals surface area (Å²) in [6.45, 7) is 1.69. The van der Waals surface area contributed by atoms with Crippen LogP contribution in [0.15, 0.2) is 99.6 Å². The van der Waals surface area contributed by atoms with Gasteiger partial charge in [0.1, 0.15) is 0 Å². The van der Waals surface area contributed by atoms with Crippen molar-refractivity contribution in [1.29, 1.82) is 0 Å². The third-order valence-corrected chi connectivity index (χ3v) is 16.0. The molecule has 3 rings (SSSR count). The Bertz CT molecular complexity index is 1040. The van der Waals surface area contributed by atoms with Crippen LogP contribution in [-0.2, 0) is 9.15 Å². The lowest BCUT2D eigenvalue weighted by Gasteiger charge is -2.59. The Hall–Kier alpha value is -2.29. The Balaban J connectivity index is 2.76. The fourth-order valence-corrected chi connectivity index (χ4v) is 13.0. The van der Waals surface area contributed by atoms with Crippen molar-refractivity contribution in [2.75, 3.05) is 0 Å². The molecule has 0 aliphatic heterocycles. The van der Waals surface area contributed by atoms with Gasteiger partial charge in [-0.25, -0.2) is 0 Å². The smallest absolute Gasteiger partial charge is 0.279 e. The van der Waals surface area contributed by atoms with Gasteiger partial charge in [0.05, 0.1) is 0 Å². The second kappa shape index (κ2) is 6.65. The molecule has 0 fully saturated rings. The third-order valence-electron chi connectivity index (χ3n) is 4.97. The van der Waals surface area contributed by atoms with E-state index in [0.29, 0.717) is 5.56 Å². The van der Waals surface area contributed by atoms with E-state index in [1.807, 2.05) is 0 Å². The molecule has 0 amide bonds. The molecule has 0 aromatic heterocycles. The molecule has 0 radical (unpaired) electrons. The van der Waals surface area contributed by atoms with Crippen LogP contribution in [0.25, 0.3) is 0 Å². The van der Waals surface area contributed by atoms with Crippen LogP contribution in [0.5, 0.6) is 0 Å². The maximum absolute atomic E-state index is 15.2. The number of benzene rings is 3. The number of aryl methyl sites for hydroxylation is 1. The topological polar surface area (TPSA) is 54.4 Å². The second-order valence-electron chi connectivity index (χ2n) is 6.46. The number of halogens is 3. The van der Waals surface area contributed by atoms with E-state index in [0.717, 1.165) is 36.4 Å². The van der Waals surface area contributed by atoms with E-state index < -0.39 is 37.5 Å². The van der Waals surface area contributed by atoms with Gasteiger partial charge in [-0.15, -0.1) is 0 Å². The van der Waals surface area contributed by atoms with Crippen LogP contribution in [0.1, 0.15) is 5.56 Å². The van der Waals surface area contributed by atoms with E-state index in [4.69, 9.17) is 0 Å². The molecule has 0 spiro atoms. The molecule has 0 aliphatic carbocycles. The van der Waals surface area contributed by atoms with Gasteiger partial charge in [-0.3, -0.25) is 4.55 Å². The Morgan fingerprint density at radius 1 is 0.714 bits per heavy atom. The van der Waals surface area contributed by atoms with Crippen molar-refractivity contribution in [3.8, 4) is 0 Å². The first-order chi connectivity index (χ1) is 13.1. The molecule has 0 heterocycles. The van der Waals surface area contributed by atoms with Crippen LogP contribution in [-0.4, -0.2) is 18.5 Å². The predicted molar refractivity (Wildman–Crippen MR) is 105 cm³/mol. The molecule has 0 bridgehead atoms. The van der Waals surface area contributed by atoms with Gasteiger partial charge in [0, 0.05) is 14.7 Å². The summed E-state index contributed by atoms with van der Waals surface area (Å²) < 4.78 is 82.1. The largest absolute Gasteiger partial charge is 0.435 e. The van der Waals surface area contributed by atoms with E-state index in [-0.39, 0.29) is 0 Å². The second-order valence-corrected chi connectivity index (χ2v) is 15.1. The van der Waals surface area contributed by atoms with Crippen molar-refractivity contribution in [2.45, 2.75) is 27.1 Å². The van der Waals surface area contributed by atoms with Crippen molar-refractivity contribution in [1.82, 2.24) is 0 Å². The summed E-state index contributed by atoms with van der Waals surface area (Å²) in [5.41, 5.74) is -4.64. The molecule has 8 heteroatoms. The summed E-state index contributed by atoms with van der Waals surface area (Å²) in [4.78, 5) is -1.46. The zero-order valence-electron chi connectivity index (χ0n) is 14.8. The van der Waals surface area contributed by atoms with Gasteiger partial charge in [-0.05, 0) is 51.5 Å². The van der Waals surface area contributed by atoms with Crippen molar-refractivity contribution >= 4 is 17.3 Å². The summed E-state index contributed by atoms with van der Waals surface area (Å²) in [5.74, 6) is 0. The highest BCUT2D eigenvalue weighted by Gasteiger charge is 2.73. The number of rotatable bonds is 4. The van der Waals surface area contributed by atoms with Gasteiger partial charge in [-0.2, -0.15) is 21.6 Å². The number of hydrogen-bond acceptors (Lipinski definition) is 2. The van der Waals surface area contributed by atoms with Crippen molar-refractivity contribution in [3.05, 3.63) is 90.5 Å². The summed E-state index contributed by atoms with van der Waals surface area (Å²) in [6, 6.07) is 17.9. The molecule has 3 aromatic carbocycles. The molecule has 0 atom stereocenters. The molecular formula is C20H19F3O3S2. The predicted octanol–water partition coefficient (Wildman–Crippen LogP) is 5.87. The lowest BCUT2D eigenvalue weighted by Crippen LogP contribution is -2.41. The van der Waals surface area contributed by atoms with Crippen LogP contribution in [0.4, 0.5) is 13.2 Å². The molecule has 0 aliphatic rings. The highest BCUT2D eigenvalue weighted by Crippen LogP contribution is 2.95. The zero-order chi connectivity index (χ0) is 20.7. The van der Waals surface area contributed by atoms with E-state index in [9.17, 15) is 13.0 Å². The quantitative estimate of drug-likeness (QED) is 0.311. The average molecular weight is 428 g/mol. The molecule has 0 unspecified atom stereocenters. The molecule has 0 saturated heterocycles. The number of thiol groups is 1. The molecule has 28 heavy (non-hydrogen) atoms. The maximum atomic E-state index is 15.2. The maximum Gasteiger partial charge on any atom is 0.435 e. The van der Waals surface area contributed by atoms with E-state index in [1.165, 1.54) is 48.5 Å². The van der Waals surface area contributed by atoms with E-state index in [2.05, 4.69) is 0 Å². The van der Waals surface area contributed by atoms with E-state index in [1.54, 1.807) is 6.92 Å². The SMILES string of the molecule is Cc1ccc([SH](c2ccccc2)(c2ccccc2)(C(F)(F)F)S(=O)(=O)O)cc1. The lowest BCUT2D eigenvalue weighted by molar-refractivity contribution is -0.0401. The normalized spacial score (nSPS) is 14.2. The Morgan fingerprint density at radius 2 is 1.07 bits per heavy atom. The highest BCUT2D eigenvalue weighted by molar-refractivity contribution is 8.99. The zero-order valence-corrected chi connectivity index (χ0v) is 16.5. The fourth-order valence-electron chi connectivity index (χ4n) is 3.67. The third kappa shape index (κ3) is 2.38. The molecule has 0 saturated carbocycles. The lowest BCUT2D eigenvalue weighted by atomic mass is 10.2. The minimum atomic E-state index is -6.40. The summed E-state index contributed by atoms with van der Waals surface area (Å²) in [6.07, 6.45) is 0. The average Bonchev–Trinajstić information content (AvgIpc) is 2.64. The standard InChI is InChI=1S/C20H19F3O3S2/c1-16-12-14-19(15-13-16)28(20(21,22)23,27(24,25)26,17-8-4-2-5-9-17)18-10-6-3-7-11-18/h2-15,28H,1H3,(H,24,25,26). The number of alkyl halides is 3. The first-order valence-electron chi connectivity index (χ1n) is 8.30. The van der Waals surface area contributed by atoms with Crippen LogP contribution in [0.3, 0.4) is 0 Å². The number of hydrogen-bond donors (Lipinski definition) is 2. The summed E-state index contributed by atoms with van der Waals surface area (Å²) in [5, 5.41) is 0. The molecule has 150 valence electrons. The van der Waals surface area contributed by atoms with Crippen LogP contribution < -0.4 is 0 Å². The van der Waals surface area contributed by atoms with Crippen LogP contribution >= 0.6 is 8.19 Å². The molecule has 3 aromatic rings. The van der Waals surface area contributed by atoms with Gasteiger partial charge < -0.3 is 0 Å². The van der Waals surface area contributed by atoms with Crippen molar-refractivity contribution < 1.29 is 26.1 Å². The molecular weight excluding hydrogens is 409 g/mol. The van der Waals surface area contributed by atoms with Gasteiger partial charge >= 0.3 is 14.7 Å². The summed E-state index contributed by atoms with van der Waals surface area (Å²) >= 11 is 0. The van der Waals surface area contributed by atoms with Crippen LogP contribution in [0, 0.1) is 6.92 Å². The van der Waals surface area contributed by atoms with Crippen molar-refractivity contribution in [3.63, 3.8) is 0 Å². The minimum absolute atomic E-state index is 0.482. The Labute approximate surface area is 161 Å². The first kappa shape index (κ1) is 20.4. The van der Waals surface area contributed by atoms with Gasteiger partial charge in [0.15, 0.2) is 0 Å². The monoisotopic (exact) mass is 428 g/mol. The van der Waals surface area contributed by atoms with Gasteiger partial charge in [-0.1, -0.05) is 54.1 Å². The Morgan fingerprint density at radius 3 is 1.39 bits per heavy atom. The minimum Gasteiger partial charge on any atom is -0.279 e. The van der Waals surface area contributed by atoms with E-state index >= 15 is 13.2 Å². The molecule has 3 nitrogen and oxygen atoms in total. The first-order valence-corrected chi connectivity index (χ1v) is 12.6. The fraction of sp³-hybridized carbons (Fsp3) is 0.100. The van der Waals surface area contributed by atoms with Crippen LogP contribution in [0.2, 0.25) is 0 Å². The Kier molecular flexibility index (Phi) is 4.85. The van der Waals surface area contributed by atoms with Gasteiger partial charge in [0.25, 0.3) is 0 Å². The summed E-state index contributed by atoms with van der Waals surface area (Å²) in [7, 11) is -12.1. The van der Waals surface area contributed by atoms with Gasteiger partial charge in [0.2, 0.25) is 0 Å². The molecule has 1 N–H and O–H groups in total. The highest BCUT2D eigenvalue weighted by atomic mass is 33.2. The van der Waals surface area contributed by atoms with Crippen molar-refractivity contribution in [2.24, 2.45) is 0 Å².